The van der Waals surface area contributed by atoms with Gasteiger partial charge in [0.05, 0.1) is 18.1 Å². The van der Waals surface area contributed by atoms with E-state index < -0.39 is 35.7 Å². The van der Waals surface area contributed by atoms with Gasteiger partial charge in [-0.3, -0.25) is 5.32 Å². The molecule has 1 aromatic carbocycles. The number of ether oxygens (including phenoxy) is 4. The zero-order valence-electron chi connectivity index (χ0n) is 19.1. The molecule has 0 bridgehead atoms. The van der Waals surface area contributed by atoms with E-state index >= 15 is 0 Å². The molecule has 1 aliphatic rings. The Balaban J connectivity index is 2.73. The molecular formula is C22H24F3N3O6. The number of hydrogen-bond donors (Lipinski definition) is 2. The van der Waals surface area contributed by atoms with Crippen molar-refractivity contribution in [1.29, 1.82) is 5.26 Å². The first-order valence-corrected chi connectivity index (χ1v) is 10.0. The number of benzene rings is 1. The third-order valence-electron chi connectivity index (χ3n) is 4.30. The second-order valence-electron chi connectivity index (χ2n) is 8.04. The Morgan fingerprint density at radius 3 is 2.44 bits per heavy atom. The van der Waals surface area contributed by atoms with Gasteiger partial charge in [0.15, 0.2) is 0 Å². The Bertz CT molecular complexity index is 1080. The van der Waals surface area contributed by atoms with Crippen molar-refractivity contribution in [2.24, 2.45) is 5.73 Å². The molecule has 12 heteroatoms. The predicted octanol–water partition coefficient (Wildman–Crippen LogP) is 4.58. The largest absolute Gasteiger partial charge is 0.573 e. The normalized spacial score (nSPS) is 16.4. The van der Waals surface area contributed by atoms with Crippen LogP contribution in [0.15, 0.2) is 41.0 Å². The average Bonchev–Trinajstić information content (AvgIpc) is 2.66. The van der Waals surface area contributed by atoms with Gasteiger partial charge in [0.1, 0.15) is 28.8 Å². The first-order chi connectivity index (χ1) is 15.7. The molecule has 9 nitrogen and oxygen atoms in total. The lowest BCUT2D eigenvalue weighted by Gasteiger charge is -2.29. The van der Waals surface area contributed by atoms with Crippen LogP contribution < -0.4 is 15.8 Å². The monoisotopic (exact) mass is 483 g/mol. The zero-order valence-corrected chi connectivity index (χ0v) is 19.1. The van der Waals surface area contributed by atoms with Gasteiger partial charge in [0.2, 0.25) is 5.88 Å². The van der Waals surface area contributed by atoms with Gasteiger partial charge in [0, 0.05) is 5.69 Å². The second kappa shape index (κ2) is 9.94. The number of carbonyl (C=O) groups is 2. The van der Waals surface area contributed by atoms with Crippen LogP contribution in [0.4, 0.5) is 23.7 Å². The van der Waals surface area contributed by atoms with E-state index in [0.29, 0.717) is 0 Å². The molecule has 2 rings (SSSR count). The van der Waals surface area contributed by atoms with Crippen LogP contribution in [0.2, 0.25) is 0 Å². The van der Waals surface area contributed by atoms with Crippen LogP contribution in [-0.2, 0) is 19.0 Å². The van der Waals surface area contributed by atoms with Crippen molar-refractivity contribution in [1.82, 2.24) is 0 Å². The molecular weight excluding hydrogens is 459 g/mol. The number of anilines is 1. The van der Waals surface area contributed by atoms with Gasteiger partial charge in [-0.25, -0.2) is 9.59 Å². The molecule has 1 aromatic rings. The van der Waals surface area contributed by atoms with Gasteiger partial charge in [-0.2, -0.15) is 5.26 Å². The molecule has 1 amide bonds. The van der Waals surface area contributed by atoms with Gasteiger partial charge in [0.25, 0.3) is 0 Å². The van der Waals surface area contributed by atoms with E-state index in [1.807, 2.05) is 6.07 Å². The first kappa shape index (κ1) is 26.4. The number of carbonyl (C=O) groups excluding carboxylic acids is 2. The van der Waals surface area contributed by atoms with E-state index in [1.165, 1.54) is 6.92 Å². The summed E-state index contributed by atoms with van der Waals surface area (Å²) < 4.78 is 58.2. The number of hydrogen-bond acceptors (Lipinski definition) is 8. The van der Waals surface area contributed by atoms with Crippen molar-refractivity contribution in [2.45, 2.75) is 52.5 Å². The summed E-state index contributed by atoms with van der Waals surface area (Å²) >= 11 is 0. The third-order valence-corrected chi connectivity index (χ3v) is 4.30. The number of nitrogens with two attached hydrogens (primary N) is 1. The van der Waals surface area contributed by atoms with Gasteiger partial charge in [-0.1, -0.05) is 0 Å². The quantitative estimate of drug-likeness (QED) is 0.582. The summed E-state index contributed by atoms with van der Waals surface area (Å²) in [7, 11) is 0. The molecule has 1 heterocycles. The van der Waals surface area contributed by atoms with E-state index in [1.54, 1.807) is 27.7 Å². The van der Waals surface area contributed by atoms with Crippen molar-refractivity contribution in [3.8, 4) is 11.8 Å². The molecule has 3 N–H and O–H groups in total. The summed E-state index contributed by atoms with van der Waals surface area (Å²) in [6.45, 7) is 7.77. The standard InChI is InChI=1S/C22H24F3N3O6/c1-6-31-19(29)16-11(2)32-18(27)14(10-26)17(16)13-9-12(33-22(23,24)25)7-8-15(13)28-20(30)34-21(3,4)5/h7-9,17H,6,27H2,1-5H3,(H,28,30). The van der Waals surface area contributed by atoms with E-state index in [9.17, 15) is 28.0 Å². The van der Waals surface area contributed by atoms with Crippen molar-refractivity contribution >= 4 is 17.7 Å². The molecule has 0 aromatic heterocycles. The molecule has 0 saturated heterocycles. The van der Waals surface area contributed by atoms with Crippen LogP contribution in [0.1, 0.15) is 46.1 Å². The van der Waals surface area contributed by atoms with Crippen LogP contribution in [0.25, 0.3) is 0 Å². The minimum Gasteiger partial charge on any atom is -0.463 e. The summed E-state index contributed by atoms with van der Waals surface area (Å²) in [5, 5.41) is 12.2. The number of halogens is 3. The van der Waals surface area contributed by atoms with E-state index in [4.69, 9.17) is 19.9 Å². The lowest BCUT2D eigenvalue weighted by molar-refractivity contribution is -0.274. The Morgan fingerprint density at radius 1 is 1.26 bits per heavy atom. The van der Waals surface area contributed by atoms with Gasteiger partial charge in [-0.05, 0) is 58.4 Å². The predicted molar refractivity (Wildman–Crippen MR) is 113 cm³/mol. The smallest absolute Gasteiger partial charge is 0.463 e. The lowest BCUT2D eigenvalue weighted by Crippen LogP contribution is -2.29. The number of amides is 1. The molecule has 0 saturated carbocycles. The maximum Gasteiger partial charge on any atom is 0.573 e. The molecule has 1 atom stereocenters. The number of nitrogens with zero attached hydrogens (tertiary/aromatic N) is 1. The number of nitriles is 1. The Morgan fingerprint density at radius 2 is 1.91 bits per heavy atom. The molecule has 0 aliphatic carbocycles. The summed E-state index contributed by atoms with van der Waals surface area (Å²) in [4.78, 5) is 25.1. The van der Waals surface area contributed by atoms with Crippen LogP contribution in [0.5, 0.6) is 5.75 Å². The third kappa shape index (κ3) is 6.57. The van der Waals surface area contributed by atoms with Crippen LogP contribution >= 0.6 is 0 Å². The summed E-state index contributed by atoms with van der Waals surface area (Å²) in [6.07, 6.45) is -5.94. The lowest BCUT2D eigenvalue weighted by atomic mass is 9.82. The van der Waals surface area contributed by atoms with Crippen LogP contribution in [0, 0.1) is 11.3 Å². The molecule has 0 fully saturated rings. The second-order valence-corrected chi connectivity index (χ2v) is 8.04. The highest BCUT2D eigenvalue weighted by Gasteiger charge is 2.39. The minimum absolute atomic E-state index is 0.0229. The molecule has 0 radical (unpaired) electrons. The van der Waals surface area contributed by atoms with Crippen molar-refractivity contribution < 1.29 is 41.7 Å². The fraction of sp³-hybridized carbons (Fsp3) is 0.409. The van der Waals surface area contributed by atoms with Gasteiger partial charge < -0.3 is 24.7 Å². The molecule has 1 unspecified atom stereocenters. The molecule has 1 aliphatic heterocycles. The van der Waals surface area contributed by atoms with Gasteiger partial charge >= 0.3 is 18.4 Å². The Labute approximate surface area is 193 Å². The maximum absolute atomic E-state index is 12.9. The number of allylic oxidation sites excluding steroid dienone is 2. The van der Waals surface area contributed by atoms with Crippen LogP contribution in [0.3, 0.4) is 0 Å². The fourth-order valence-electron chi connectivity index (χ4n) is 3.17. The van der Waals surface area contributed by atoms with Gasteiger partial charge in [-0.15, -0.1) is 13.2 Å². The summed E-state index contributed by atoms with van der Waals surface area (Å²) in [5.41, 5.74) is 4.37. The number of rotatable bonds is 5. The maximum atomic E-state index is 12.9. The van der Waals surface area contributed by atoms with Crippen molar-refractivity contribution in [3.05, 3.63) is 46.6 Å². The Kier molecular flexibility index (Phi) is 7.71. The molecule has 34 heavy (non-hydrogen) atoms. The highest BCUT2D eigenvalue weighted by atomic mass is 19.4. The van der Waals surface area contributed by atoms with E-state index in [-0.39, 0.29) is 40.6 Å². The van der Waals surface area contributed by atoms with Crippen molar-refractivity contribution in [3.63, 3.8) is 0 Å². The molecule has 0 spiro atoms. The topological polar surface area (TPSA) is 133 Å². The highest BCUT2D eigenvalue weighted by molar-refractivity contribution is 5.94. The average molecular weight is 483 g/mol. The van der Waals surface area contributed by atoms with Crippen LogP contribution in [-0.4, -0.2) is 30.6 Å². The summed E-state index contributed by atoms with van der Waals surface area (Å²) in [5.74, 6) is -3.25. The summed E-state index contributed by atoms with van der Waals surface area (Å²) in [6, 6.07) is 4.84. The minimum atomic E-state index is -5.02. The van der Waals surface area contributed by atoms with E-state index in [2.05, 4.69) is 10.1 Å². The van der Waals surface area contributed by atoms with E-state index in [0.717, 1.165) is 18.2 Å². The first-order valence-electron chi connectivity index (χ1n) is 10.0. The SMILES string of the molecule is CCOC(=O)C1=C(C)OC(N)=C(C#N)C1c1cc(OC(F)(F)F)ccc1NC(=O)OC(C)(C)C. The fourth-order valence-corrected chi connectivity index (χ4v) is 3.17. The number of nitrogens with one attached hydrogen (secondary N) is 1. The zero-order chi connectivity index (χ0) is 25.8. The van der Waals surface area contributed by atoms with Crippen molar-refractivity contribution in [2.75, 3.05) is 11.9 Å². The molecule has 184 valence electrons. The number of esters is 1. The highest BCUT2D eigenvalue weighted by Crippen LogP contribution is 2.44. The number of alkyl halides is 3. The Hall–Kier alpha value is -3.88.